The first-order valence-corrected chi connectivity index (χ1v) is 13.1. The lowest BCUT2D eigenvalue weighted by Gasteiger charge is -2.46. The molecule has 3 aliphatic carbocycles. The zero-order chi connectivity index (χ0) is 20.5. The predicted octanol–water partition coefficient (Wildman–Crippen LogP) is 3.87. The molecule has 1 aliphatic heterocycles. The largest absolute Gasteiger partial charge is 0.392 e. The van der Waals surface area contributed by atoms with Crippen LogP contribution in [0.5, 0.6) is 0 Å². The molecule has 0 radical (unpaired) electrons. The van der Waals surface area contributed by atoms with Gasteiger partial charge >= 0.3 is 0 Å². The van der Waals surface area contributed by atoms with Gasteiger partial charge in [0.2, 0.25) is 10.0 Å². The van der Waals surface area contributed by atoms with Crippen molar-refractivity contribution in [1.29, 1.82) is 0 Å². The number of aryl methyl sites for hydroxylation is 1. The highest BCUT2D eigenvalue weighted by atomic mass is 32.2. The topological polar surface area (TPSA) is 57.6 Å². The first-order chi connectivity index (χ1) is 13.7. The fourth-order valence-corrected chi connectivity index (χ4v) is 9.80. The number of rotatable bonds is 3. The van der Waals surface area contributed by atoms with Gasteiger partial charge in [-0.05, 0) is 79.2 Å². The second-order valence-electron chi connectivity index (χ2n) is 10.8. The molecule has 5 heteroatoms. The third-order valence-corrected chi connectivity index (χ3v) is 11.6. The monoisotopic (exact) mass is 417 g/mol. The van der Waals surface area contributed by atoms with E-state index >= 15 is 0 Å². The minimum Gasteiger partial charge on any atom is -0.392 e. The maximum atomic E-state index is 13.5. The molecule has 0 amide bonds. The fourth-order valence-electron chi connectivity index (χ4n) is 7.52. The molecule has 1 aromatic rings. The summed E-state index contributed by atoms with van der Waals surface area (Å²) in [4.78, 5) is 0. The maximum Gasteiger partial charge on any atom is 0.214 e. The molecule has 1 N–H and O–H groups in total. The van der Waals surface area contributed by atoms with Crippen LogP contribution in [0, 0.1) is 16.7 Å². The van der Waals surface area contributed by atoms with Crippen LogP contribution in [0.3, 0.4) is 0 Å². The summed E-state index contributed by atoms with van der Waals surface area (Å²) in [5, 5.41) is 10.8. The van der Waals surface area contributed by atoms with Gasteiger partial charge in [0.25, 0.3) is 0 Å². The molecule has 2 saturated carbocycles. The molecule has 3 atom stereocenters. The van der Waals surface area contributed by atoms with Crippen molar-refractivity contribution in [2.45, 2.75) is 76.7 Å². The van der Waals surface area contributed by atoms with Crippen LogP contribution in [0.25, 0.3) is 0 Å². The molecule has 5 rings (SSSR count). The molecule has 3 fully saturated rings. The highest BCUT2D eigenvalue weighted by Gasteiger charge is 2.65. The minimum absolute atomic E-state index is 0.0984. The lowest BCUT2D eigenvalue weighted by molar-refractivity contribution is 0.0143. The van der Waals surface area contributed by atoms with Gasteiger partial charge in [-0.15, -0.1) is 0 Å². The van der Waals surface area contributed by atoms with Crippen molar-refractivity contribution in [3.8, 4) is 0 Å². The van der Waals surface area contributed by atoms with Crippen molar-refractivity contribution < 1.29 is 13.5 Å². The lowest BCUT2D eigenvalue weighted by Crippen LogP contribution is -2.51. The number of fused-ring (bicyclic) bond motifs is 4. The van der Waals surface area contributed by atoms with Crippen LogP contribution in [0.1, 0.15) is 69.9 Å². The van der Waals surface area contributed by atoms with E-state index in [0.29, 0.717) is 19.0 Å². The summed E-state index contributed by atoms with van der Waals surface area (Å²) in [5.41, 5.74) is 2.51. The molecule has 29 heavy (non-hydrogen) atoms. The zero-order valence-corrected chi connectivity index (χ0v) is 18.7. The predicted molar refractivity (Wildman–Crippen MR) is 115 cm³/mol. The first-order valence-electron chi connectivity index (χ1n) is 11.4. The van der Waals surface area contributed by atoms with Gasteiger partial charge in [-0.3, -0.25) is 0 Å². The smallest absolute Gasteiger partial charge is 0.214 e. The Bertz CT molecular complexity index is 900. The number of aliphatic hydroxyl groups excluding tert-OH is 1. The number of piperidine rings is 1. The van der Waals surface area contributed by atoms with Crippen molar-refractivity contribution in [3.05, 3.63) is 35.4 Å². The van der Waals surface area contributed by atoms with E-state index in [1.165, 1.54) is 24.0 Å². The molecular weight excluding hydrogens is 382 g/mol. The van der Waals surface area contributed by atoms with Crippen molar-refractivity contribution in [3.63, 3.8) is 0 Å². The number of hydrogen-bond donors (Lipinski definition) is 1. The van der Waals surface area contributed by atoms with E-state index in [2.05, 4.69) is 38.1 Å². The third-order valence-electron chi connectivity index (χ3n) is 9.59. The van der Waals surface area contributed by atoms with E-state index in [1.807, 2.05) is 0 Å². The summed E-state index contributed by atoms with van der Waals surface area (Å²) in [6, 6.07) is 8.78. The molecular formula is C24H35NO3S. The van der Waals surface area contributed by atoms with Gasteiger partial charge in [0.15, 0.2) is 0 Å². The summed E-state index contributed by atoms with van der Waals surface area (Å²) in [6.45, 7) is 5.60. The first kappa shape index (κ1) is 20.0. The summed E-state index contributed by atoms with van der Waals surface area (Å²) in [5.74, 6) is 0.574. The van der Waals surface area contributed by atoms with Crippen LogP contribution < -0.4 is 0 Å². The standard InChI is InChI=1S/C24H35NO3S/c1-22(2)19-9-11-24(22,21(26)16-19)17-29(27,28)25-14-12-23(13-15-25)10-5-7-18-6-3-4-8-20(18)23/h3-4,6,8,19,21,26H,5,7,9-17H2,1-2H3/t19-,21-,24-/m1/s1. The summed E-state index contributed by atoms with van der Waals surface area (Å²) >= 11 is 0. The normalized spacial score (nSPS) is 35.7. The molecule has 4 nitrogen and oxygen atoms in total. The van der Waals surface area contributed by atoms with Gasteiger partial charge in [-0.25, -0.2) is 12.7 Å². The number of benzene rings is 1. The third kappa shape index (κ3) is 2.80. The van der Waals surface area contributed by atoms with E-state index in [1.54, 1.807) is 4.31 Å². The molecule has 1 spiro atoms. The molecule has 1 saturated heterocycles. The van der Waals surface area contributed by atoms with Gasteiger partial charge in [-0.2, -0.15) is 0 Å². The Labute approximate surface area is 175 Å². The van der Waals surface area contributed by atoms with Crippen molar-refractivity contribution in [2.24, 2.45) is 16.7 Å². The Morgan fingerprint density at radius 2 is 1.83 bits per heavy atom. The van der Waals surface area contributed by atoms with Crippen molar-refractivity contribution >= 4 is 10.0 Å². The van der Waals surface area contributed by atoms with E-state index in [-0.39, 0.29) is 16.6 Å². The molecule has 2 bridgehead atoms. The van der Waals surface area contributed by atoms with Crippen LogP contribution in [-0.4, -0.2) is 42.8 Å². The van der Waals surface area contributed by atoms with E-state index in [9.17, 15) is 13.5 Å². The quantitative estimate of drug-likeness (QED) is 0.812. The van der Waals surface area contributed by atoms with E-state index in [0.717, 1.165) is 38.5 Å². The van der Waals surface area contributed by atoms with E-state index in [4.69, 9.17) is 0 Å². The average Bonchev–Trinajstić information content (AvgIpc) is 3.03. The van der Waals surface area contributed by atoms with Crippen molar-refractivity contribution in [2.75, 3.05) is 18.8 Å². The number of aliphatic hydroxyl groups is 1. The second kappa shape index (κ2) is 6.54. The minimum atomic E-state index is -3.37. The molecule has 4 aliphatic rings. The fraction of sp³-hybridized carbons (Fsp3) is 0.750. The molecule has 1 aromatic carbocycles. The molecule has 160 valence electrons. The van der Waals surface area contributed by atoms with Crippen LogP contribution in [0.15, 0.2) is 24.3 Å². The molecule has 1 heterocycles. The summed E-state index contributed by atoms with van der Waals surface area (Å²) in [7, 11) is -3.37. The lowest BCUT2D eigenvalue weighted by atomic mass is 9.65. The van der Waals surface area contributed by atoms with Gasteiger partial charge in [0.1, 0.15) is 0 Å². The van der Waals surface area contributed by atoms with E-state index < -0.39 is 21.5 Å². The number of sulfonamides is 1. The van der Waals surface area contributed by atoms with Crippen LogP contribution in [0.4, 0.5) is 0 Å². The second-order valence-corrected chi connectivity index (χ2v) is 12.8. The Kier molecular flexibility index (Phi) is 4.52. The molecule has 0 aromatic heterocycles. The SMILES string of the molecule is CC1(C)[C@@H]2CC[C@@]1(CS(=O)(=O)N1CCC3(CCCc4ccccc43)CC1)[C@H](O)C2. The van der Waals surface area contributed by atoms with Crippen LogP contribution >= 0.6 is 0 Å². The van der Waals surface area contributed by atoms with Gasteiger partial charge < -0.3 is 5.11 Å². The average molecular weight is 418 g/mol. The highest BCUT2D eigenvalue weighted by molar-refractivity contribution is 7.89. The van der Waals surface area contributed by atoms with Gasteiger partial charge in [-0.1, -0.05) is 38.1 Å². The summed E-state index contributed by atoms with van der Waals surface area (Å²) < 4.78 is 28.7. The number of hydrogen-bond acceptors (Lipinski definition) is 3. The van der Waals surface area contributed by atoms with Gasteiger partial charge in [0.05, 0.1) is 11.9 Å². The Morgan fingerprint density at radius 1 is 1.10 bits per heavy atom. The Morgan fingerprint density at radius 3 is 2.48 bits per heavy atom. The number of nitrogens with zero attached hydrogens (tertiary/aromatic N) is 1. The summed E-state index contributed by atoms with van der Waals surface area (Å²) in [6.07, 6.45) is 7.56. The van der Waals surface area contributed by atoms with Crippen molar-refractivity contribution in [1.82, 2.24) is 4.31 Å². The Balaban J connectivity index is 1.35. The van der Waals surface area contributed by atoms with Crippen LogP contribution in [-0.2, 0) is 21.9 Å². The van der Waals surface area contributed by atoms with Gasteiger partial charge in [0, 0.05) is 18.5 Å². The zero-order valence-electron chi connectivity index (χ0n) is 17.9. The molecule has 0 unspecified atom stereocenters. The maximum absolute atomic E-state index is 13.5. The Hall–Kier alpha value is -0.910. The highest BCUT2D eigenvalue weighted by Crippen LogP contribution is 2.66. The van der Waals surface area contributed by atoms with Crippen LogP contribution in [0.2, 0.25) is 0 Å².